The van der Waals surface area contributed by atoms with Crippen LogP contribution in [0.4, 0.5) is 26.3 Å². The third-order valence-corrected chi connectivity index (χ3v) is 5.30. The third-order valence-electron chi connectivity index (χ3n) is 5.30. The number of carbonyl (C=O) groups is 2. The Morgan fingerprint density at radius 1 is 1.15 bits per heavy atom. The lowest BCUT2D eigenvalue weighted by atomic mass is 10.0. The molecule has 0 saturated heterocycles. The van der Waals surface area contributed by atoms with E-state index in [1.165, 1.54) is 12.1 Å². The summed E-state index contributed by atoms with van der Waals surface area (Å²) in [4.78, 5) is 25.0. The molecule has 3 rings (SSSR count). The van der Waals surface area contributed by atoms with Gasteiger partial charge in [-0.1, -0.05) is 17.4 Å². The van der Waals surface area contributed by atoms with Crippen molar-refractivity contribution >= 4 is 11.8 Å². The maximum atomic E-state index is 12.7. The summed E-state index contributed by atoms with van der Waals surface area (Å²) in [6.07, 6.45) is -9.45. The highest BCUT2D eigenvalue weighted by Gasteiger charge is 2.33. The molecule has 2 amide bonds. The van der Waals surface area contributed by atoms with E-state index < -0.39 is 47.7 Å². The third kappa shape index (κ3) is 7.97. The second kappa shape index (κ2) is 11.9. The Morgan fingerprint density at radius 3 is 2.44 bits per heavy atom. The number of methoxy groups -OCH3 is 1. The molecule has 10 nitrogen and oxygen atoms in total. The lowest BCUT2D eigenvalue weighted by molar-refractivity contribution is -0.274. The summed E-state index contributed by atoms with van der Waals surface area (Å²) in [5.74, 6) is -2.03. The highest BCUT2D eigenvalue weighted by Crippen LogP contribution is 2.30. The first-order valence-corrected chi connectivity index (χ1v) is 11.1. The minimum Gasteiger partial charge on any atom is -0.496 e. The SMILES string of the molecule is COc1cc(OC(F)(F)F)ccc1C(=O)NCCN1CC(C(=O)NC(C#N)c2ccc(C(F)(F)F)cc2)N=N1. The zero-order chi connectivity index (χ0) is 28.8. The fourth-order valence-corrected chi connectivity index (χ4v) is 3.42. The number of rotatable bonds is 9. The molecule has 1 aliphatic heterocycles. The Labute approximate surface area is 217 Å². The number of carbonyl (C=O) groups excluding carboxylic acids is 2. The molecule has 16 heteroatoms. The van der Waals surface area contributed by atoms with Crippen LogP contribution in [0.3, 0.4) is 0 Å². The molecule has 2 unspecified atom stereocenters. The van der Waals surface area contributed by atoms with Gasteiger partial charge in [0.2, 0.25) is 5.91 Å². The van der Waals surface area contributed by atoms with E-state index in [1.54, 1.807) is 0 Å². The van der Waals surface area contributed by atoms with E-state index in [0.29, 0.717) is 0 Å². The van der Waals surface area contributed by atoms with Crippen LogP contribution in [0.5, 0.6) is 11.5 Å². The van der Waals surface area contributed by atoms with Crippen molar-refractivity contribution in [1.82, 2.24) is 15.6 Å². The molecule has 39 heavy (non-hydrogen) atoms. The van der Waals surface area contributed by atoms with Gasteiger partial charge in [-0.15, -0.1) is 13.2 Å². The van der Waals surface area contributed by atoms with Gasteiger partial charge < -0.3 is 20.1 Å². The molecular weight excluding hydrogens is 538 g/mol. The molecule has 2 atom stereocenters. The number of nitrogens with one attached hydrogen (secondary N) is 2. The van der Waals surface area contributed by atoms with Gasteiger partial charge in [0.25, 0.3) is 5.91 Å². The maximum Gasteiger partial charge on any atom is 0.573 e. The molecule has 0 radical (unpaired) electrons. The summed E-state index contributed by atoms with van der Waals surface area (Å²) in [6.45, 7) is 0.124. The lowest BCUT2D eigenvalue weighted by Gasteiger charge is -2.17. The van der Waals surface area contributed by atoms with Crippen molar-refractivity contribution in [2.75, 3.05) is 26.7 Å². The minimum absolute atomic E-state index is 0.000334. The smallest absolute Gasteiger partial charge is 0.496 e. The fraction of sp³-hybridized carbons (Fsp3) is 0.348. The van der Waals surface area contributed by atoms with Crippen molar-refractivity contribution in [2.24, 2.45) is 10.3 Å². The van der Waals surface area contributed by atoms with E-state index in [1.807, 2.05) is 6.07 Å². The Bertz CT molecular complexity index is 1260. The summed E-state index contributed by atoms with van der Waals surface area (Å²) in [5, 5.41) is 23.3. The molecule has 2 N–H and O–H groups in total. The van der Waals surface area contributed by atoms with Crippen molar-refractivity contribution in [3.05, 3.63) is 59.2 Å². The van der Waals surface area contributed by atoms with Crippen LogP contribution in [0, 0.1) is 11.3 Å². The van der Waals surface area contributed by atoms with Crippen LogP contribution in [0.1, 0.15) is 27.5 Å². The summed E-state index contributed by atoms with van der Waals surface area (Å²) in [6, 6.07) is 6.35. The molecule has 2 aromatic rings. The second-order valence-corrected chi connectivity index (χ2v) is 7.99. The summed E-state index contributed by atoms with van der Waals surface area (Å²) >= 11 is 0. The van der Waals surface area contributed by atoms with Crippen LogP contribution in [0.25, 0.3) is 0 Å². The molecule has 0 saturated carbocycles. The molecule has 0 aromatic heterocycles. The number of hydrogen-bond acceptors (Lipinski definition) is 8. The zero-order valence-corrected chi connectivity index (χ0v) is 20.0. The van der Waals surface area contributed by atoms with Gasteiger partial charge in [-0.3, -0.25) is 14.6 Å². The van der Waals surface area contributed by atoms with Crippen LogP contribution >= 0.6 is 0 Å². The van der Waals surface area contributed by atoms with E-state index in [9.17, 15) is 41.2 Å². The predicted octanol–water partition coefficient (Wildman–Crippen LogP) is 3.77. The second-order valence-electron chi connectivity index (χ2n) is 7.99. The fourth-order valence-electron chi connectivity index (χ4n) is 3.42. The first-order valence-electron chi connectivity index (χ1n) is 11.1. The number of hydrogen-bond donors (Lipinski definition) is 2. The van der Waals surface area contributed by atoms with Crippen LogP contribution in [-0.4, -0.2) is 56.0 Å². The van der Waals surface area contributed by atoms with E-state index in [2.05, 4.69) is 25.7 Å². The number of ether oxygens (including phenoxy) is 2. The summed E-state index contributed by atoms with van der Waals surface area (Å²) < 4.78 is 84.2. The number of nitriles is 1. The van der Waals surface area contributed by atoms with E-state index in [0.717, 1.165) is 42.5 Å². The van der Waals surface area contributed by atoms with Gasteiger partial charge >= 0.3 is 12.5 Å². The van der Waals surface area contributed by atoms with Gasteiger partial charge in [0.15, 0.2) is 6.04 Å². The molecule has 1 heterocycles. The zero-order valence-electron chi connectivity index (χ0n) is 20.0. The maximum absolute atomic E-state index is 12.7. The Morgan fingerprint density at radius 2 is 1.85 bits per heavy atom. The van der Waals surface area contributed by atoms with Crippen molar-refractivity contribution < 1.29 is 45.4 Å². The van der Waals surface area contributed by atoms with Crippen molar-refractivity contribution in [1.29, 1.82) is 5.26 Å². The van der Waals surface area contributed by atoms with Gasteiger partial charge in [0.1, 0.15) is 17.5 Å². The molecule has 0 bridgehead atoms. The minimum atomic E-state index is -4.91. The summed E-state index contributed by atoms with van der Waals surface area (Å²) in [5.41, 5.74) is -0.785. The summed E-state index contributed by atoms with van der Waals surface area (Å²) in [7, 11) is 1.17. The largest absolute Gasteiger partial charge is 0.573 e. The average molecular weight is 558 g/mol. The van der Waals surface area contributed by atoms with Gasteiger partial charge in [-0.25, -0.2) is 0 Å². The molecule has 0 aliphatic carbocycles. The highest BCUT2D eigenvalue weighted by molar-refractivity contribution is 5.97. The number of alkyl halides is 6. The van der Waals surface area contributed by atoms with Crippen LogP contribution in [0.2, 0.25) is 0 Å². The topological polar surface area (TPSA) is 128 Å². The number of amides is 2. The predicted molar refractivity (Wildman–Crippen MR) is 120 cm³/mol. The molecule has 0 spiro atoms. The first kappa shape index (κ1) is 29.0. The van der Waals surface area contributed by atoms with Gasteiger partial charge in [-0.2, -0.15) is 23.5 Å². The van der Waals surface area contributed by atoms with Crippen molar-refractivity contribution in [3.63, 3.8) is 0 Å². The van der Waals surface area contributed by atoms with E-state index >= 15 is 0 Å². The number of benzene rings is 2. The van der Waals surface area contributed by atoms with Crippen LogP contribution < -0.4 is 20.1 Å². The van der Waals surface area contributed by atoms with Crippen molar-refractivity contribution in [2.45, 2.75) is 24.6 Å². The highest BCUT2D eigenvalue weighted by atomic mass is 19.4. The molecule has 1 aliphatic rings. The standard InChI is InChI=1S/C23H20F6N6O4/c1-38-19-10-15(39-23(27,28)29)6-7-16(19)20(36)31-8-9-35-12-18(33-34-35)21(37)32-17(11-30)13-2-4-14(5-3-13)22(24,25)26/h2-7,10,17-18H,8-9,12H2,1H3,(H,31,36)(H,32,37). The van der Waals surface area contributed by atoms with Crippen molar-refractivity contribution in [3.8, 4) is 17.6 Å². The lowest BCUT2D eigenvalue weighted by Crippen LogP contribution is -2.40. The van der Waals surface area contributed by atoms with Crippen LogP contribution in [-0.2, 0) is 11.0 Å². The van der Waals surface area contributed by atoms with Gasteiger partial charge in [0.05, 0.1) is 37.4 Å². The quantitative estimate of drug-likeness (QED) is 0.451. The molecule has 208 valence electrons. The normalized spacial score (nSPS) is 15.8. The van der Waals surface area contributed by atoms with Gasteiger partial charge in [-0.05, 0) is 29.8 Å². The first-order chi connectivity index (χ1) is 18.3. The van der Waals surface area contributed by atoms with E-state index in [4.69, 9.17) is 4.74 Å². The molecule has 2 aromatic carbocycles. The monoisotopic (exact) mass is 558 g/mol. The Balaban J connectivity index is 1.49. The van der Waals surface area contributed by atoms with Gasteiger partial charge in [0, 0.05) is 12.6 Å². The van der Waals surface area contributed by atoms with Crippen LogP contribution in [0.15, 0.2) is 52.8 Å². The average Bonchev–Trinajstić information content (AvgIpc) is 3.34. The Kier molecular flexibility index (Phi) is 8.84. The molecular formula is C23H20F6N6O4. The number of nitrogens with zero attached hydrogens (tertiary/aromatic N) is 4. The Hall–Kier alpha value is -4.55. The molecule has 0 fully saturated rings. The van der Waals surface area contributed by atoms with E-state index in [-0.39, 0.29) is 36.5 Å². The number of halogens is 6.